The fourth-order valence-electron chi connectivity index (χ4n) is 5.75. The number of hydrogen-bond donors (Lipinski definition) is 4. The minimum atomic E-state index is -0.254. The van der Waals surface area contributed by atoms with E-state index < -0.39 is 0 Å². The highest BCUT2D eigenvalue weighted by molar-refractivity contribution is 6.04. The number of benzene rings is 4. The second-order valence-electron chi connectivity index (χ2n) is 12.0. The van der Waals surface area contributed by atoms with Crippen molar-refractivity contribution in [1.29, 1.82) is 0 Å². The average molecular weight is 650 g/mol. The molecule has 0 unspecified atom stereocenters. The molecule has 0 bridgehead atoms. The van der Waals surface area contributed by atoms with E-state index in [9.17, 15) is 9.59 Å². The average Bonchev–Trinajstić information content (AvgIpc) is 3.11. The highest BCUT2D eigenvalue weighted by Gasteiger charge is 2.19. The summed E-state index contributed by atoms with van der Waals surface area (Å²) in [4.78, 5) is 27.9. The van der Waals surface area contributed by atoms with Gasteiger partial charge in [-0.2, -0.15) is 0 Å². The lowest BCUT2D eigenvalue weighted by Gasteiger charge is -2.33. The predicted octanol–water partition coefficient (Wildman–Crippen LogP) is 8.52. The number of nitrogens with one attached hydrogen (secondary N) is 4. The second-order valence-corrected chi connectivity index (χ2v) is 12.0. The number of amides is 3. The molecule has 0 radical (unpaired) electrons. The van der Waals surface area contributed by atoms with Crippen LogP contribution in [0.5, 0.6) is 17.2 Å². The molecule has 0 aliphatic carbocycles. The molecule has 1 heterocycles. The second kappa shape index (κ2) is 17.2. The molecule has 252 valence electrons. The number of anilines is 3. The van der Waals surface area contributed by atoms with E-state index in [2.05, 4.69) is 56.5 Å². The van der Waals surface area contributed by atoms with Crippen molar-refractivity contribution in [3.63, 3.8) is 0 Å². The summed E-state index contributed by atoms with van der Waals surface area (Å²) in [5, 5.41) is 12.4. The summed E-state index contributed by atoms with van der Waals surface area (Å²) >= 11 is 0. The maximum atomic E-state index is 13.0. The Kier molecular flexibility index (Phi) is 12.3. The van der Waals surface area contributed by atoms with Crippen LogP contribution in [-0.2, 0) is 6.54 Å². The van der Waals surface area contributed by atoms with Crippen LogP contribution in [-0.4, -0.2) is 48.6 Å². The third-order valence-corrected chi connectivity index (χ3v) is 8.52. The van der Waals surface area contributed by atoms with E-state index in [0.29, 0.717) is 46.8 Å². The van der Waals surface area contributed by atoms with Crippen LogP contribution < -0.4 is 30.7 Å². The SMILES string of the molecule is CCOc1cc(NC(=O)NC(CC)CC)ccc1Oc1ccc(NC(=O)c2ccc(NC3CCN(Cc4ccccc4)CC3)cc2)cc1. The maximum Gasteiger partial charge on any atom is 0.319 e. The van der Waals surface area contributed by atoms with Gasteiger partial charge in [0.1, 0.15) is 5.75 Å². The number of rotatable bonds is 14. The highest BCUT2D eigenvalue weighted by atomic mass is 16.5. The standard InChI is InChI=1S/C39H47N5O4/c1-4-30(5-2)42-39(46)43-34-18-21-36(37(26-34)47-6-3)48-35-19-16-32(17-20-35)41-38(45)29-12-14-31(15-13-29)40-33-22-24-44(25-23-33)27-28-10-8-7-9-11-28/h7-21,26,30,33,40H,4-6,22-25,27H2,1-3H3,(H,41,45)(H2,42,43,46). The molecule has 48 heavy (non-hydrogen) atoms. The summed E-state index contributed by atoms with van der Waals surface area (Å²) < 4.78 is 11.9. The van der Waals surface area contributed by atoms with Crippen LogP contribution in [0.2, 0.25) is 0 Å². The zero-order valence-corrected chi connectivity index (χ0v) is 28.1. The third-order valence-electron chi connectivity index (χ3n) is 8.52. The normalized spacial score (nSPS) is 13.5. The first-order valence-corrected chi connectivity index (χ1v) is 17.0. The fourth-order valence-corrected chi connectivity index (χ4v) is 5.75. The van der Waals surface area contributed by atoms with Gasteiger partial charge in [0.25, 0.3) is 5.91 Å². The van der Waals surface area contributed by atoms with Crippen LogP contribution in [0.25, 0.3) is 0 Å². The van der Waals surface area contributed by atoms with Crippen molar-refractivity contribution in [2.75, 3.05) is 35.6 Å². The molecule has 3 amide bonds. The summed E-state index contributed by atoms with van der Waals surface area (Å²) in [6.07, 6.45) is 3.90. The fraction of sp³-hybridized carbons (Fsp3) is 0.333. The summed E-state index contributed by atoms with van der Waals surface area (Å²) in [6.45, 7) is 9.54. The first-order valence-electron chi connectivity index (χ1n) is 17.0. The molecule has 0 spiro atoms. The number of nitrogens with zero attached hydrogens (tertiary/aromatic N) is 1. The van der Waals surface area contributed by atoms with E-state index in [4.69, 9.17) is 9.47 Å². The van der Waals surface area contributed by atoms with Crippen molar-refractivity contribution in [3.8, 4) is 17.2 Å². The topological polar surface area (TPSA) is 104 Å². The Labute approximate surface area is 284 Å². The zero-order chi connectivity index (χ0) is 33.7. The van der Waals surface area contributed by atoms with Gasteiger partial charge in [0, 0.05) is 60.4 Å². The Hall–Kier alpha value is -5.02. The minimum Gasteiger partial charge on any atom is -0.490 e. The molecule has 9 nitrogen and oxygen atoms in total. The van der Waals surface area contributed by atoms with Crippen LogP contribution in [0.15, 0.2) is 97.1 Å². The molecule has 4 aromatic carbocycles. The lowest BCUT2D eigenvalue weighted by molar-refractivity contribution is 0.102. The molecule has 1 fully saturated rings. The molecule has 0 aromatic heterocycles. The summed E-state index contributed by atoms with van der Waals surface area (Å²) in [5.74, 6) is 1.44. The number of carbonyl (C=O) groups is 2. The Morgan fingerprint density at radius 1 is 0.771 bits per heavy atom. The van der Waals surface area contributed by atoms with Gasteiger partial charge in [-0.25, -0.2) is 4.79 Å². The van der Waals surface area contributed by atoms with Crippen molar-refractivity contribution in [1.82, 2.24) is 10.2 Å². The molecule has 1 saturated heterocycles. The molecule has 1 aliphatic rings. The first kappa shape index (κ1) is 34.3. The van der Waals surface area contributed by atoms with Gasteiger partial charge in [-0.15, -0.1) is 0 Å². The van der Waals surface area contributed by atoms with E-state index >= 15 is 0 Å². The molecule has 4 aromatic rings. The number of likely N-dealkylation sites (tertiary alicyclic amines) is 1. The van der Waals surface area contributed by atoms with Crippen molar-refractivity contribution in [2.24, 2.45) is 0 Å². The van der Waals surface area contributed by atoms with Gasteiger partial charge in [-0.3, -0.25) is 9.69 Å². The van der Waals surface area contributed by atoms with Crippen molar-refractivity contribution >= 4 is 29.0 Å². The number of urea groups is 1. The van der Waals surface area contributed by atoms with Crippen LogP contribution in [0.4, 0.5) is 21.9 Å². The quantitative estimate of drug-likeness (QED) is 0.109. The molecular formula is C39H47N5O4. The molecule has 0 saturated carbocycles. The van der Waals surface area contributed by atoms with Gasteiger partial charge in [-0.1, -0.05) is 44.2 Å². The number of ether oxygens (including phenoxy) is 2. The molecular weight excluding hydrogens is 602 g/mol. The minimum absolute atomic E-state index is 0.124. The van der Waals surface area contributed by atoms with Crippen molar-refractivity contribution in [3.05, 3.63) is 108 Å². The van der Waals surface area contributed by atoms with Gasteiger partial charge < -0.3 is 30.7 Å². The van der Waals surface area contributed by atoms with Crippen molar-refractivity contribution in [2.45, 2.75) is 65.1 Å². The summed E-state index contributed by atoms with van der Waals surface area (Å²) in [6, 6.07) is 31.0. The molecule has 1 aliphatic heterocycles. The van der Waals surface area contributed by atoms with E-state index in [1.807, 2.05) is 45.0 Å². The Morgan fingerprint density at radius 2 is 1.44 bits per heavy atom. The molecule has 9 heteroatoms. The van der Waals surface area contributed by atoms with Gasteiger partial charge in [0.2, 0.25) is 0 Å². The molecule has 5 rings (SSSR count). The first-order chi connectivity index (χ1) is 23.4. The Balaban J connectivity index is 1.10. The number of hydrogen-bond acceptors (Lipinski definition) is 6. The smallest absolute Gasteiger partial charge is 0.319 e. The summed E-state index contributed by atoms with van der Waals surface area (Å²) in [5.41, 5.74) is 4.23. The largest absolute Gasteiger partial charge is 0.490 e. The summed E-state index contributed by atoms with van der Waals surface area (Å²) in [7, 11) is 0. The Morgan fingerprint density at radius 3 is 2.10 bits per heavy atom. The number of piperidine rings is 1. The Bertz CT molecular complexity index is 1600. The zero-order valence-electron chi connectivity index (χ0n) is 28.1. The predicted molar refractivity (Wildman–Crippen MR) is 193 cm³/mol. The van der Waals surface area contributed by atoms with E-state index in [0.717, 1.165) is 51.0 Å². The molecule has 4 N–H and O–H groups in total. The lowest BCUT2D eigenvalue weighted by atomic mass is 10.0. The van der Waals surface area contributed by atoms with Gasteiger partial charge in [0.15, 0.2) is 11.5 Å². The van der Waals surface area contributed by atoms with Crippen LogP contribution in [0, 0.1) is 0 Å². The van der Waals surface area contributed by atoms with Gasteiger partial charge in [0.05, 0.1) is 6.61 Å². The van der Waals surface area contributed by atoms with Gasteiger partial charge >= 0.3 is 6.03 Å². The van der Waals surface area contributed by atoms with Crippen LogP contribution >= 0.6 is 0 Å². The monoisotopic (exact) mass is 649 g/mol. The van der Waals surface area contributed by atoms with E-state index in [1.165, 1.54) is 5.56 Å². The third kappa shape index (κ3) is 9.99. The highest BCUT2D eigenvalue weighted by Crippen LogP contribution is 2.34. The lowest BCUT2D eigenvalue weighted by Crippen LogP contribution is -2.38. The van der Waals surface area contributed by atoms with E-state index in [-0.39, 0.29) is 18.0 Å². The molecule has 0 atom stereocenters. The maximum absolute atomic E-state index is 13.0. The van der Waals surface area contributed by atoms with Gasteiger partial charge in [-0.05, 0) is 98.8 Å². The van der Waals surface area contributed by atoms with Crippen molar-refractivity contribution < 1.29 is 19.1 Å². The van der Waals surface area contributed by atoms with E-state index in [1.54, 1.807) is 42.5 Å². The number of carbonyl (C=O) groups excluding carboxylic acids is 2. The van der Waals surface area contributed by atoms with Crippen LogP contribution in [0.1, 0.15) is 62.4 Å². The van der Waals surface area contributed by atoms with Crippen LogP contribution in [0.3, 0.4) is 0 Å².